The molecule has 1 amide bonds. The Morgan fingerprint density at radius 3 is 2.56 bits per heavy atom. The number of amides is 1. The van der Waals surface area contributed by atoms with Gasteiger partial charge in [0.15, 0.2) is 0 Å². The summed E-state index contributed by atoms with van der Waals surface area (Å²) in [4.78, 5) is 11.9. The zero-order valence-corrected chi connectivity index (χ0v) is 13.6. The highest BCUT2D eigenvalue weighted by molar-refractivity contribution is 5.67. The van der Waals surface area contributed by atoms with Crippen LogP contribution in [-0.4, -0.2) is 36.7 Å². The first-order valence-corrected chi connectivity index (χ1v) is 8.32. The minimum absolute atomic E-state index is 0.121. The summed E-state index contributed by atoms with van der Waals surface area (Å²) in [5, 5.41) is 5.35. The molecule has 1 saturated carbocycles. The second-order valence-corrected chi connectivity index (χ2v) is 6.52. The molecule has 3 rings (SSSR count). The van der Waals surface area contributed by atoms with Crippen LogP contribution < -0.4 is 10.6 Å². The van der Waals surface area contributed by atoms with Crippen molar-refractivity contribution in [1.82, 2.24) is 10.6 Å². The summed E-state index contributed by atoms with van der Waals surface area (Å²) in [6.07, 6.45) is -2.90. The summed E-state index contributed by atoms with van der Waals surface area (Å²) < 4.78 is 48.8. The van der Waals surface area contributed by atoms with E-state index in [0.717, 1.165) is 5.56 Å². The van der Waals surface area contributed by atoms with Crippen LogP contribution in [0.4, 0.5) is 18.0 Å². The van der Waals surface area contributed by atoms with Crippen molar-refractivity contribution in [3.05, 3.63) is 35.9 Å². The van der Waals surface area contributed by atoms with Crippen molar-refractivity contribution < 1.29 is 27.4 Å². The number of rotatable bonds is 3. The topological polar surface area (TPSA) is 59.6 Å². The van der Waals surface area contributed by atoms with Gasteiger partial charge >= 0.3 is 12.3 Å². The summed E-state index contributed by atoms with van der Waals surface area (Å²) >= 11 is 0. The van der Waals surface area contributed by atoms with E-state index in [0.29, 0.717) is 25.7 Å². The van der Waals surface area contributed by atoms with E-state index < -0.39 is 24.0 Å². The normalized spacial score (nSPS) is 29.6. The third-order valence-electron chi connectivity index (χ3n) is 4.69. The minimum Gasteiger partial charge on any atom is -0.445 e. The lowest BCUT2D eigenvalue weighted by molar-refractivity contribution is -0.152. The highest BCUT2D eigenvalue weighted by Crippen LogP contribution is 2.37. The Hall–Kier alpha value is -1.80. The molecule has 1 aromatic rings. The van der Waals surface area contributed by atoms with Crippen molar-refractivity contribution in [3.8, 4) is 0 Å². The van der Waals surface area contributed by atoms with Gasteiger partial charge in [0.2, 0.25) is 0 Å². The fraction of sp³-hybridized carbons (Fsp3) is 0.588. The predicted octanol–water partition coefficient (Wildman–Crippen LogP) is 3.10. The molecule has 1 aliphatic heterocycles. The number of nitrogens with one attached hydrogen (secondary N) is 2. The molecule has 2 aliphatic rings. The van der Waals surface area contributed by atoms with Crippen LogP contribution in [0.15, 0.2) is 30.3 Å². The Bertz CT molecular complexity index is 587. The molecular weight excluding hydrogens is 337 g/mol. The Morgan fingerprint density at radius 2 is 1.96 bits per heavy atom. The number of ether oxygens (including phenoxy) is 2. The van der Waals surface area contributed by atoms with Crippen LogP contribution in [0.3, 0.4) is 0 Å². The van der Waals surface area contributed by atoms with Crippen molar-refractivity contribution in [3.63, 3.8) is 0 Å². The third kappa shape index (κ3) is 4.64. The van der Waals surface area contributed by atoms with Gasteiger partial charge in [-0.25, -0.2) is 4.79 Å². The van der Waals surface area contributed by atoms with E-state index in [4.69, 9.17) is 9.47 Å². The Labute approximate surface area is 143 Å². The molecule has 0 aromatic heterocycles. The summed E-state index contributed by atoms with van der Waals surface area (Å²) in [7, 11) is 0. The molecule has 2 fully saturated rings. The summed E-state index contributed by atoms with van der Waals surface area (Å²) in [5.74, 6) is 0. The third-order valence-corrected chi connectivity index (χ3v) is 4.69. The Balaban J connectivity index is 1.41. The molecule has 2 N–H and O–H groups in total. The maximum atomic E-state index is 12.8. The molecule has 1 spiro atoms. The van der Waals surface area contributed by atoms with E-state index in [2.05, 4.69) is 10.6 Å². The van der Waals surface area contributed by atoms with Crippen LogP contribution in [0.5, 0.6) is 0 Å². The van der Waals surface area contributed by atoms with Crippen molar-refractivity contribution >= 4 is 6.09 Å². The minimum atomic E-state index is -4.31. The summed E-state index contributed by atoms with van der Waals surface area (Å²) in [6.45, 7) is -0.179. The van der Waals surface area contributed by atoms with Crippen molar-refractivity contribution in [2.75, 3.05) is 6.61 Å². The first-order valence-electron chi connectivity index (χ1n) is 8.32. The van der Waals surface area contributed by atoms with E-state index in [1.165, 1.54) is 0 Å². The van der Waals surface area contributed by atoms with E-state index in [1.807, 2.05) is 30.3 Å². The molecule has 1 atom stereocenters. The molecule has 1 heterocycles. The first-order chi connectivity index (χ1) is 11.9. The lowest BCUT2D eigenvalue weighted by Gasteiger charge is -2.37. The van der Waals surface area contributed by atoms with Gasteiger partial charge in [0, 0.05) is 6.04 Å². The van der Waals surface area contributed by atoms with Crippen LogP contribution in [0.1, 0.15) is 31.2 Å². The zero-order chi connectivity index (χ0) is 17.9. The second kappa shape index (κ2) is 7.21. The van der Waals surface area contributed by atoms with E-state index >= 15 is 0 Å². The molecular formula is C17H21F3N2O3. The highest BCUT2D eigenvalue weighted by Gasteiger charge is 2.51. The van der Waals surface area contributed by atoms with Crippen molar-refractivity contribution in [1.29, 1.82) is 0 Å². The number of alkyl carbamates (subject to hydrolysis) is 1. The van der Waals surface area contributed by atoms with Crippen LogP contribution in [-0.2, 0) is 16.1 Å². The van der Waals surface area contributed by atoms with Gasteiger partial charge in [-0.2, -0.15) is 13.2 Å². The van der Waals surface area contributed by atoms with Gasteiger partial charge in [0.25, 0.3) is 0 Å². The van der Waals surface area contributed by atoms with Gasteiger partial charge in [-0.15, -0.1) is 0 Å². The number of hydrogen-bond acceptors (Lipinski definition) is 4. The van der Waals surface area contributed by atoms with Crippen molar-refractivity contribution in [2.24, 2.45) is 0 Å². The first kappa shape index (κ1) is 18.0. The zero-order valence-electron chi connectivity index (χ0n) is 13.6. The molecule has 1 aliphatic carbocycles. The largest absolute Gasteiger partial charge is 0.445 e. The Morgan fingerprint density at radius 1 is 1.28 bits per heavy atom. The summed E-state index contributed by atoms with van der Waals surface area (Å²) in [6, 6.07) is 7.58. The number of carbonyl (C=O) groups is 1. The van der Waals surface area contributed by atoms with E-state index in [9.17, 15) is 18.0 Å². The number of hydrogen-bond donors (Lipinski definition) is 2. The molecule has 0 bridgehead atoms. The Kier molecular flexibility index (Phi) is 5.19. The van der Waals surface area contributed by atoms with Crippen molar-refractivity contribution in [2.45, 2.75) is 56.3 Å². The average molecular weight is 358 g/mol. The number of halogens is 3. The molecule has 1 aromatic carbocycles. The standard InChI is InChI=1S/C17H21F3N2O3/c18-17(19,20)14-11-25-16(22-14)8-6-13(7-9-16)21-15(23)24-10-12-4-2-1-3-5-12/h1-5,13-14,22H,6-11H2,(H,21,23)/t13?,14-,16?/m1/s1. The molecule has 1 saturated heterocycles. The number of benzene rings is 1. The SMILES string of the molecule is O=C(NC1CCC2(CC1)N[C@@H](C(F)(F)F)CO2)OCc1ccccc1. The lowest BCUT2D eigenvalue weighted by atomic mass is 9.88. The van der Waals surface area contributed by atoms with Crippen LogP contribution >= 0.6 is 0 Å². The maximum Gasteiger partial charge on any atom is 0.407 e. The second-order valence-electron chi connectivity index (χ2n) is 6.52. The highest BCUT2D eigenvalue weighted by atomic mass is 19.4. The maximum absolute atomic E-state index is 12.8. The monoisotopic (exact) mass is 358 g/mol. The lowest BCUT2D eigenvalue weighted by Crippen LogP contribution is -2.53. The molecule has 138 valence electrons. The fourth-order valence-electron chi connectivity index (χ4n) is 3.27. The molecule has 0 radical (unpaired) electrons. The van der Waals surface area contributed by atoms with E-state index in [-0.39, 0.29) is 19.3 Å². The van der Waals surface area contributed by atoms with Gasteiger partial charge in [-0.1, -0.05) is 30.3 Å². The number of carbonyl (C=O) groups excluding carboxylic acids is 1. The quantitative estimate of drug-likeness (QED) is 0.872. The fourth-order valence-corrected chi connectivity index (χ4v) is 3.27. The summed E-state index contributed by atoms with van der Waals surface area (Å²) in [5.41, 5.74) is -0.0336. The molecule has 5 nitrogen and oxygen atoms in total. The molecule has 25 heavy (non-hydrogen) atoms. The van der Waals surface area contributed by atoms with E-state index in [1.54, 1.807) is 0 Å². The van der Waals surface area contributed by atoms with Gasteiger partial charge in [-0.3, -0.25) is 5.32 Å². The van der Waals surface area contributed by atoms with Gasteiger partial charge in [0.05, 0.1) is 6.61 Å². The van der Waals surface area contributed by atoms with Crippen LogP contribution in [0.25, 0.3) is 0 Å². The molecule has 8 heteroatoms. The van der Waals surface area contributed by atoms with Gasteiger partial charge in [-0.05, 0) is 31.2 Å². The van der Waals surface area contributed by atoms with Crippen LogP contribution in [0.2, 0.25) is 0 Å². The average Bonchev–Trinajstić information content (AvgIpc) is 3.01. The smallest absolute Gasteiger partial charge is 0.407 e. The van der Waals surface area contributed by atoms with Crippen LogP contribution in [0, 0.1) is 0 Å². The number of alkyl halides is 3. The molecule has 0 unspecified atom stereocenters. The predicted molar refractivity (Wildman–Crippen MR) is 83.7 cm³/mol. The van der Waals surface area contributed by atoms with Gasteiger partial charge in [0.1, 0.15) is 18.4 Å². The van der Waals surface area contributed by atoms with Gasteiger partial charge < -0.3 is 14.8 Å².